The second-order valence-electron chi connectivity index (χ2n) is 16.5. The molecule has 0 aliphatic heterocycles. The van der Waals surface area contributed by atoms with Crippen LogP contribution >= 0.6 is 0 Å². The molecule has 3 heteroatoms. The lowest BCUT2D eigenvalue weighted by Gasteiger charge is -2.15. The topological polar surface area (TPSA) is 38.7 Å². The van der Waals surface area contributed by atoms with Crippen molar-refractivity contribution in [2.24, 2.45) is 0 Å². The summed E-state index contributed by atoms with van der Waals surface area (Å²) in [6.07, 6.45) is 0. The van der Waals surface area contributed by atoms with Crippen molar-refractivity contribution in [3.63, 3.8) is 0 Å². The third-order valence-electron chi connectivity index (χ3n) is 12.1. The maximum Gasteiger partial charge on any atom is 0.160 e. The van der Waals surface area contributed by atoms with E-state index in [0.717, 1.165) is 101 Å². The zero-order chi connectivity index (χ0) is 44.1. The van der Waals surface area contributed by atoms with Gasteiger partial charge in [-0.3, -0.25) is 0 Å². The zero-order valence-corrected chi connectivity index (χ0v) is 36.2. The van der Waals surface area contributed by atoms with E-state index < -0.39 is 0 Å². The molecule has 0 bridgehead atoms. The summed E-state index contributed by atoms with van der Waals surface area (Å²) in [5.74, 6) is 0.694. The third kappa shape index (κ3) is 8.62. The van der Waals surface area contributed by atoms with Gasteiger partial charge in [-0.25, -0.2) is 15.0 Å². The lowest BCUT2D eigenvalue weighted by molar-refractivity contribution is 1.18. The van der Waals surface area contributed by atoms with Gasteiger partial charge in [0.15, 0.2) is 5.82 Å². The molecule has 3 nitrogen and oxygen atoms in total. The largest absolute Gasteiger partial charge is 0.248 e. The van der Waals surface area contributed by atoms with E-state index in [2.05, 4.69) is 224 Å². The number of rotatable bonds is 10. The minimum absolute atomic E-state index is 0.694. The minimum Gasteiger partial charge on any atom is -0.248 e. The molecule has 0 unspecified atom stereocenters. The van der Waals surface area contributed by atoms with Gasteiger partial charge in [0.2, 0.25) is 0 Å². The Morgan fingerprint density at radius 3 is 0.758 bits per heavy atom. The predicted octanol–water partition coefficient (Wildman–Crippen LogP) is 16.5. The fourth-order valence-electron chi connectivity index (χ4n) is 8.63. The van der Waals surface area contributed by atoms with E-state index in [4.69, 9.17) is 15.0 Å². The molecule has 0 aliphatic carbocycles. The summed E-state index contributed by atoms with van der Waals surface area (Å²) in [5.41, 5.74) is 20.2. The van der Waals surface area contributed by atoms with E-state index in [0.29, 0.717) is 5.82 Å². The summed E-state index contributed by atoms with van der Waals surface area (Å²) < 4.78 is 0. The summed E-state index contributed by atoms with van der Waals surface area (Å²) in [6.45, 7) is 0. The molecule has 0 atom stereocenters. The fourth-order valence-corrected chi connectivity index (χ4v) is 8.63. The molecule has 2 aromatic heterocycles. The van der Waals surface area contributed by atoms with E-state index >= 15 is 0 Å². The van der Waals surface area contributed by atoms with Crippen LogP contribution in [0.25, 0.3) is 112 Å². The molecular formula is C63H43N3. The molecule has 0 saturated heterocycles. The summed E-state index contributed by atoms with van der Waals surface area (Å²) in [6, 6.07) is 92.0. The highest BCUT2D eigenvalue weighted by Crippen LogP contribution is 2.39. The van der Waals surface area contributed by atoms with Crippen molar-refractivity contribution in [1.29, 1.82) is 0 Å². The number of hydrogen-bond acceptors (Lipinski definition) is 3. The van der Waals surface area contributed by atoms with E-state index in [1.807, 2.05) is 36.4 Å². The Labute approximate surface area is 386 Å². The molecule has 0 fully saturated rings. The van der Waals surface area contributed by atoms with Gasteiger partial charge in [0.05, 0.1) is 22.8 Å². The number of aromatic nitrogens is 3. The normalized spacial score (nSPS) is 11.0. The molecule has 11 rings (SSSR count). The summed E-state index contributed by atoms with van der Waals surface area (Å²) >= 11 is 0. The first-order valence-corrected chi connectivity index (χ1v) is 22.3. The van der Waals surface area contributed by atoms with Crippen LogP contribution in [0.1, 0.15) is 0 Å². The van der Waals surface area contributed by atoms with Gasteiger partial charge in [0.1, 0.15) is 0 Å². The Morgan fingerprint density at radius 1 is 0.152 bits per heavy atom. The number of pyridine rings is 1. The molecule has 66 heavy (non-hydrogen) atoms. The third-order valence-corrected chi connectivity index (χ3v) is 12.1. The number of nitrogens with zero attached hydrogens (tertiary/aromatic N) is 3. The standard InChI is InChI=1S/C63H43N3/c1-7-19-44(20-8-1)52-35-53(38-56(37-52)57-41-59(48-23-11-3-12-24-48)64-60(42-57)49-25-13-4-14-26-49)46-31-33-47(34-32-46)55-36-54(45-21-9-2-10-22-45)39-58(40-55)62-43-61(50-27-15-5-16-28-50)65-63(66-62)51-29-17-6-18-30-51/h1-43H. The average Bonchev–Trinajstić information content (AvgIpc) is 3.42. The van der Waals surface area contributed by atoms with Gasteiger partial charge >= 0.3 is 0 Å². The molecule has 0 N–H and O–H groups in total. The van der Waals surface area contributed by atoms with Crippen molar-refractivity contribution >= 4 is 0 Å². The second-order valence-corrected chi connectivity index (χ2v) is 16.5. The van der Waals surface area contributed by atoms with Crippen molar-refractivity contribution in [2.45, 2.75) is 0 Å². The minimum atomic E-state index is 0.694. The van der Waals surface area contributed by atoms with Crippen LogP contribution in [0.3, 0.4) is 0 Å². The van der Waals surface area contributed by atoms with Gasteiger partial charge in [0.25, 0.3) is 0 Å². The van der Waals surface area contributed by atoms with Crippen molar-refractivity contribution in [2.75, 3.05) is 0 Å². The molecule has 0 amide bonds. The summed E-state index contributed by atoms with van der Waals surface area (Å²) in [4.78, 5) is 15.5. The number of hydrogen-bond donors (Lipinski definition) is 0. The van der Waals surface area contributed by atoms with Crippen LogP contribution in [-0.2, 0) is 0 Å². The molecule has 0 aliphatic rings. The maximum atomic E-state index is 5.22. The van der Waals surface area contributed by atoms with Crippen LogP contribution in [0.15, 0.2) is 261 Å². The Morgan fingerprint density at radius 2 is 0.394 bits per heavy atom. The smallest absolute Gasteiger partial charge is 0.160 e. The van der Waals surface area contributed by atoms with Crippen molar-refractivity contribution in [3.05, 3.63) is 261 Å². The van der Waals surface area contributed by atoms with Gasteiger partial charge in [0, 0.05) is 27.8 Å². The van der Waals surface area contributed by atoms with Crippen LogP contribution in [-0.4, -0.2) is 15.0 Å². The average molecular weight is 842 g/mol. The molecule has 0 saturated carbocycles. The van der Waals surface area contributed by atoms with Crippen molar-refractivity contribution < 1.29 is 0 Å². The van der Waals surface area contributed by atoms with E-state index in [-0.39, 0.29) is 0 Å². The first-order valence-electron chi connectivity index (χ1n) is 22.3. The Kier molecular flexibility index (Phi) is 11.0. The number of benzene rings is 9. The van der Waals surface area contributed by atoms with Gasteiger partial charge in [-0.2, -0.15) is 0 Å². The molecule has 0 spiro atoms. The quantitative estimate of drug-likeness (QED) is 0.138. The zero-order valence-electron chi connectivity index (χ0n) is 36.2. The van der Waals surface area contributed by atoms with Gasteiger partial charge < -0.3 is 0 Å². The van der Waals surface area contributed by atoms with Crippen LogP contribution in [0.2, 0.25) is 0 Å². The maximum absolute atomic E-state index is 5.22. The molecule has 9 aromatic carbocycles. The Bertz CT molecular complexity index is 3060. The predicted molar refractivity (Wildman–Crippen MR) is 274 cm³/mol. The van der Waals surface area contributed by atoms with Crippen LogP contribution in [0.5, 0.6) is 0 Å². The Hall–Kier alpha value is -8.79. The van der Waals surface area contributed by atoms with Gasteiger partial charge in [-0.15, -0.1) is 0 Å². The first kappa shape index (κ1) is 40.0. The summed E-state index contributed by atoms with van der Waals surface area (Å²) in [7, 11) is 0. The SMILES string of the molecule is c1ccc(-c2cc(-c3ccc(-c4cc(-c5ccccc5)cc(-c5cc(-c6ccccc6)nc(-c6ccccc6)n5)c4)cc3)cc(-c3cc(-c4ccccc4)nc(-c4ccccc4)c3)c2)cc1. The molecule has 0 radical (unpaired) electrons. The monoisotopic (exact) mass is 841 g/mol. The highest BCUT2D eigenvalue weighted by Gasteiger charge is 2.16. The van der Waals surface area contributed by atoms with Crippen molar-refractivity contribution in [1.82, 2.24) is 15.0 Å². The second kappa shape index (κ2) is 18.1. The van der Waals surface area contributed by atoms with Gasteiger partial charge in [-0.1, -0.05) is 206 Å². The first-order chi connectivity index (χ1) is 32.7. The highest BCUT2D eigenvalue weighted by molar-refractivity contribution is 5.86. The van der Waals surface area contributed by atoms with Crippen LogP contribution in [0, 0.1) is 0 Å². The van der Waals surface area contributed by atoms with E-state index in [1.165, 1.54) is 5.56 Å². The van der Waals surface area contributed by atoms with E-state index in [1.54, 1.807) is 0 Å². The highest BCUT2D eigenvalue weighted by atomic mass is 14.9. The molecule has 2 heterocycles. The molecular weight excluding hydrogens is 799 g/mol. The van der Waals surface area contributed by atoms with Crippen molar-refractivity contribution in [3.8, 4) is 112 Å². The van der Waals surface area contributed by atoms with Crippen LogP contribution in [0.4, 0.5) is 0 Å². The lowest BCUT2D eigenvalue weighted by atomic mass is 9.91. The van der Waals surface area contributed by atoms with Gasteiger partial charge in [-0.05, 0) is 110 Å². The lowest BCUT2D eigenvalue weighted by Crippen LogP contribution is -1.96. The Balaban J connectivity index is 1.03. The molecule has 310 valence electrons. The summed E-state index contributed by atoms with van der Waals surface area (Å²) in [5, 5.41) is 0. The molecule has 11 aromatic rings. The van der Waals surface area contributed by atoms with Crippen LogP contribution < -0.4 is 0 Å². The fraction of sp³-hybridized carbons (Fsp3) is 0. The van der Waals surface area contributed by atoms with E-state index in [9.17, 15) is 0 Å².